The lowest BCUT2D eigenvalue weighted by Gasteiger charge is -2.21. The zero-order chi connectivity index (χ0) is 13.7. The minimum Gasteiger partial charge on any atom is -0.382 e. The van der Waals surface area contributed by atoms with E-state index in [4.69, 9.17) is 11.0 Å². The molecule has 0 saturated heterocycles. The first-order valence-electron chi connectivity index (χ1n) is 6.03. The summed E-state index contributed by atoms with van der Waals surface area (Å²) < 4.78 is 0. The number of imidazole rings is 1. The van der Waals surface area contributed by atoms with Crippen molar-refractivity contribution in [3.8, 4) is 6.07 Å². The third kappa shape index (κ3) is 3.22. The van der Waals surface area contributed by atoms with E-state index in [0.717, 1.165) is 11.4 Å². The molecule has 0 spiro atoms. The number of nitrogen functional groups attached to an aromatic ring is 1. The van der Waals surface area contributed by atoms with Gasteiger partial charge in [0.25, 0.3) is 0 Å². The highest BCUT2D eigenvalue weighted by Gasteiger charge is 2.14. The van der Waals surface area contributed by atoms with Gasteiger partial charge in [0.05, 0.1) is 12.5 Å². The summed E-state index contributed by atoms with van der Waals surface area (Å²) in [6.45, 7) is 3.07. The lowest BCUT2D eigenvalue weighted by atomic mass is 10.2. The minimum atomic E-state index is 0.422. The van der Waals surface area contributed by atoms with Crippen LogP contribution in [0.1, 0.15) is 17.8 Å². The van der Waals surface area contributed by atoms with Gasteiger partial charge in [-0.25, -0.2) is 4.98 Å². The van der Waals surface area contributed by atoms with Crippen molar-refractivity contribution in [1.82, 2.24) is 15.0 Å². The first kappa shape index (κ1) is 12.9. The number of pyridine rings is 1. The molecule has 19 heavy (non-hydrogen) atoms. The smallest absolute Gasteiger partial charge is 0.171 e. The Morgan fingerprint density at radius 1 is 1.53 bits per heavy atom. The van der Waals surface area contributed by atoms with Crippen LogP contribution in [0.4, 0.5) is 11.6 Å². The van der Waals surface area contributed by atoms with Crippen molar-refractivity contribution in [3.05, 3.63) is 35.9 Å². The van der Waals surface area contributed by atoms with E-state index in [2.05, 4.69) is 21.0 Å². The molecule has 6 heteroatoms. The van der Waals surface area contributed by atoms with Gasteiger partial charge < -0.3 is 15.6 Å². The molecule has 0 saturated carbocycles. The van der Waals surface area contributed by atoms with E-state index < -0.39 is 0 Å². The summed E-state index contributed by atoms with van der Waals surface area (Å²) in [5, 5.41) is 8.75. The van der Waals surface area contributed by atoms with Gasteiger partial charge in [0, 0.05) is 25.5 Å². The number of hydrogen-bond donors (Lipinski definition) is 2. The molecule has 2 rings (SSSR count). The van der Waals surface area contributed by atoms with Crippen molar-refractivity contribution >= 4 is 11.6 Å². The summed E-state index contributed by atoms with van der Waals surface area (Å²) in [7, 11) is 0. The highest BCUT2D eigenvalue weighted by atomic mass is 15.2. The van der Waals surface area contributed by atoms with Crippen LogP contribution in [0.15, 0.2) is 24.5 Å². The molecule has 98 valence electrons. The quantitative estimate of drug-likeness (QED) is 0.847. The molecule has 0 fully saturated rings. The Morgan fingerprint density at radius 3 is 2.95 bits per heavy atom. The largest absolute Gasteiger partial charge is 0.382 e. The molecule has 2 aromatic heterocycles. The topological polar surface area (TPSA) is 94.6 Å². The average molecular weight is 256 g/mol. The normalized spacial score (nSPS) is 10.1. The van der Waals surface area contributed by atoms with Crippen LogP contribution < -0.4 is 10.6 Å². The van der Waals surface area contributed by atoms with Gasteiger partial charge in [-0.3, -0.25) is 4.98 Å². The summed E-state index contributed by atoms with van der Waals surface area (Å²) in [4.78, 5) is 13.4. The molecule has 0 radical (unpaired) electrons. The Hall–Kier alpha value is -2.55. The average Bonchev–Trinajstić information content (AvgIpc) is 2.75. The molecule has 0 amide bonds. The fourth-order valence-electron chi connectivity index (χ4n) is 1.90. The fraction of sp³-hybridized carbons (Fsp3) is 0.308. The number of aryl methyl sites for hydroxylation is 1. The van der Waals surface area contributed by atoms with Crippen LogP contribution in [0.5, 0.6) is 0 Å². The van der Waals surface area contributed by atoms with Crippen LogP contribution in [0.25, 0.3) is 0 Å². The van der Waals surface area contributed by atoms with Crippen LogP contribution >= 0.6 is 0 Å². The Bertz CT molecular complexity index is 569. The molecule has 6 nitrogen and oxygen atoms in total. The van der Waals surface area contributed by atoms with Gasteiger partial charge in [0.1, 0.15) is 11.6 Å². The monoisotopic (exact) mass is 256 g/mol. The van der Waals surface area contributed by atoms with Crippen molar-refractivity contribution < 1.29 is 0 Å². The number of rotatable bonds is 5. The molecule has 0 aromatic carbocycles. The Kier molecular flexibility index (Phi) is 3.98. The predicted octanol–water partition coefficient (Wildman–Crippen LogP) is 1.62. The predicted molar refractivity (Wildman–Crippen MR) is 73.3 cm³/mol. The van der Waals surface area contributed by atoms with E-state index in [9.17, 15) is 0 Å². The standard InChI is InChI=1S/C13H16N6/c1-10-17-12(15)13(18-10)19(7-3-5-14)9-11-4-2-6-16-8-11/h2,4,6,8H,3,7,9,15H2,1H3,(H,17,18). The molecule has 0 atom stereocenters. The van der Waals surface area contributed by atoms with E-state index in [0.29, 0.717) is 31.1 Å². The first-order chi connectivity index (χ1) is 9.20. The van der Waals surface area contributed by atoms with Gasteiger partial charge in [-0.1, -0.05) is 6.07 Å². The molecule has 2 heterocycles. The summed E-state index contributed by atoms with van der Waals surface area (Å²) in [5.41, 5.74) is 6.97. The molecule has 0 bridgehead atoms. The van der Waals surface area contributed by atoms with Gasteiger partial charge in [0.2, 0.25) is 0 Å². The molecular weight excluding hydrogens is 240 g/mol. The second-order valence-electron chi connectivity index (χ2n) is 4.25. The highest BCUT2D eigenvalue weighted by molar-refractivity contribution is 5.59. The lowest BCUT2D eigenvalue weighted by Crippen LogP contribution is -2.25. The Balaban J connectivity index is 2.21. The van der Waals surface area contributed by atoms with Crippen molar-refractivity contribution in [3.63, 3.8) is 0 Å². The number of nitriles is 1. The van der Waals surface area contributed by atoms with Crippen LogP contribution in [0.3, 0.4) is 0 Å². The second-order valence-corrected chi connectivity index (χ2v) is 4.25. The van der Waals surface area contributed by atoms with Gasteiger partial charge in [-0.05, 0) is 18.6 Å². The van der Waals surface area contributed by atoms with Crippen molar-refractivity contribution in [2.24, 2.45) is 0 Å². The number of nitrogens with one attached hydrogen (secondary N) is 1. The van der Waals surface area contributed by atoms with Gasteiger partial charge in [0.15, 0.2) is 5.82 Å². The molecule has 0 unspecified atom stereocenters. The third-order valence-electron chi connectivity index (χ3n) is 2.72. The number of H-pyrrole nitrogens is 1. The van der Waals surface area contributed by atoms with Crippen LogP contribution in [0.2, 0.25) is 0 Å². The number of aromatic amines is 1. The maximum atomic E-state index is 8.75. The van der Waals surface area contributed by atoms with Crippen LogP contribution in [0, 0.1) is 18.3 Å². The summed E-state index contributed by atoms with van der Waals surface area (Å²) in [6.07, 6.45) is 3.96. The zero-order valence-electron chi connectivity index (χ0n) is 10.8. The number of anilines is 2. The van der Waals surface area contributed by atoms with E-state index >= 15 is 0 Å². The fourth-order valence-corrected chi connectivity index (χ4v) is 1.90. The molecular formula is C13H16N6. The number of aromatic nitrogens is 3. The minimum absolute atomic E-state index is 0.422. The van der Waals surface area contributed by atoms with E-state index in [1.54, 1.807) is 12.4 Å². The number of nitrogens with two attached hydrogens (primary N) is 1. The number of nitrogens with zero attached hydrogens (tertiary/aromatic N) is 4. The third-order valence-corrected chi connectivity index (χ3v) is 2.72. The molecule has 0 aliphatic rings. The van der Waals surface area contributed by atoms with Crippen molar-refractivity contribution in [2.75, 3.05) is 17.2 Å². The molecule has 0 aliphatic carbocycles. The summed E-state index contributed by atoms with van der Waals surface area (Å²) >= 11 is 0. The second kappa shape index (κ2) is 5.87. The van der Waals surface area contributed by atoms with Gasteiger partial charge in [-0.2, -0.15) is 5.26 Å². The van der Waals surface area contributed by atoms with E-state index in [1.165, 1.54) is 0 Å². The Morgan fingerprint density at radius 2 is 2.37 bits per heavy atom. The van der Waals surface area contributed by atoms with E-state index in [-0.39, 0.29) is 0 Å². The maximum absolute atomic E-state index is 8.75. The molecule has 0 aliphatic heterocycles. The molecule has 2 aromatic rings. The Labute approximate surface area is 111 Å². The van der Waals surface area contributed by atoms with Gasteiger partial charge in [-0.15, -0.1) is 0 Å². The van der Waals surface area contributed by atoms with Crippen molar-refractivity contribution in [2.45, 2.75) is 19.9 Å². The SMILES string of the molecule is Cc1nc(N(CCC#N)Cc2cccnc2)c(N)[nH]1. The van der Waals surface area contributed by atoms with Crippen molar-refractivity contribution in [1.29, 1.82) is 5.26 Å². The molecule has 3 N–H and O–H groups in total. The van der Waals surface area contributed by atoms with Crippen LogP contribution in [-0.2, 0) is 6.54 Å². The van der Waals surface area contributed by atoms with Crippen LogP contribution in [-0.4, -0.2) is 21.5 Å². The van der Waals surface area contributed by atoms with E-state index in [1.807, 2.05) is 24.0 Å². The lowest BCUT2D eigenvalue weighted by molar-refractivity contribution is 0.783. The maximum Gasteiger partial charge on any atom is 0.171 e. The van der Waals surface area contributed by atoms with Gasteiger partial charge >= 0.3 is 0 Å². The summed E-state index contributed by atoms with van der Waals surface area (Å²) in [6, 6.07) is 6.02. The highest BCUT2D eigenvalue weighted by Crippen LogP contribution is 2.21. The summed E-state index contributed by atoms with van der Waals surface area (Å²) in [5.74, 6) is 1.98. The zero-order valence-corrected chi connectivity index (χ0v) is 10.8. The first-order valence-corrected chi connectivity index (χ1v) is 6.03. The number of hydrogen-bond acceptors (Lipinski definition) is 5.